The zero-order chi connectivity index (χ0) is 24.2. The van der Waals surface area contributed by atoms with Crippen molar-refractivity contribution in [2.45, 2.75) is 45.6 Å². The lowest BCUT2D eigenvalue weighted by Crippen LogP contribution is -2.33. The van der Waals surface area contributed by atoms with Gasteiger partial charge in [0.1, 0.15) is 16.4 Å². The first kappa shape index (κ1) is 24.7. The minimum absolute atomic E-state index is 0.0177. The van der Waals surface area contributed by atoms with Gasteiger partial charge in [0.2, 0.25) is 10.0 Å². The van der Waals surface area contributed by atoms with Crippen molar-refractivity contribution in [1.29, 1.82) is 0 Å². The maximum absolute atomic E-state index is 13.6. The Bertz CT molecular complexity index is 1190. The lowest BCUT2D eigenvalue weighted by molar-refractivity contribution is 0.00646. The number of ether oxygens (including phenoxy) is 2. The molecule has 0 amide bonds. The molecule has 0 saturated heterocycles. The van der Waals surface area contributed by atoms with E-state index in [2.05, 4.69) is 4.98 Å². The number of aromatic nitrogens is 1. The van der Waals surface area contributed by atoms with Gasteiger partial charge < -0.3 is 9.47 Å². The minimum Gasteiger partial charge on any atom is -0.497 e. The zero-order valence-electron chi connectivity index (χ0n) is 19.4. The van der Waals surface area contributed by atoms with Crippen LogP contribution in [0.15, 0.2) is 54.0 Å². The van der Waals surface area contributed by atoms with Crippen molar-refractivity contribution in [1.82, 2.24) is 4.98 Å². The molecule has 0 N–H and O–H groups in total. The highest BCUT2D eigenvalue weighted by atomic mass is 32.2. The van der Waals surface area contributed by atoms with Crippen molar-refractivity contribution in [3.63, 3.8) is 0 Å². The molecule has 0 aliphatic carbocycles. The molecule has 0 saturated carbocycles. The molecule has 0 bridgehead atoms. The van der Waals surface area contributed by atoms with Gasteiger partial charge in [0, 0.05) is 0 Å². The molecule has 9 heteroatoms. The van der Waals surface area contributed by atoms with E-state index in [1.165, 1.54) is 9.82 Å². The first-order valence-electron chi connectivity index (χ1n) is 10.3. The fourth-order valence-electron chi connectivity index (χ4n) is 3.05. The molecular weight excluding hydrogens is 460 g/mol. The van der Waals surface area contributed by atoms with Crippen LogP contribution in [0.1, 0.15) is 48.0 Å². The van der Waals surface area contributed by atoms with Gasteiger partial charge in [-0.25, -0.2) is 18.2 Å². The maximum Gasteiger partial charge on any atom is 0.360 e. The van der Waals surface area contributed by atoms with E-state index in [4.69, 9.17) is 9.47 Å². The van der Waals surface area contributed by atoms with Crippen LogP contribution in [-0.2, 0) is 27.1 Å². The zero-order valence-corrected chi connectivity index (χ0v) is 21.0. The van der Waals surface area contributed by atoms with Crippen molar-refractivity contribution in [3.05, 3.63) is 76.4 Å². The number of carbonyl (C=O) groups is 1. The molecule has 0 spiro atoms. The summed E-state index contributed by atoms with van der Waals surface area (Å²) < 4.78 is 39.1. The first-order valence-corrected chi connectivity index (χ1v) is 12.8. The SMILES string of the molecule is COc1ccc(CN(c2scnc2C(=O)OC(C)(C)C)S(=O)(=O)Cc2ccc(C)cc2)cc1. The summed E-state index contributed by atoms with van der Waals surface area (Å²) in [7, 11) is -2.29. The lowest BCUT2D eigenvalue weighted by atomic mass is 10.2. The van der Waals surface area contributed by atoms with E-state index in [1.807, 2.05) is 19.1 Å². The Hall–Kier alpha value is -2.91. The van der Waals surface area contributed by atoms with E-state index in [9.17, 15) is 13.2 Å². The van der Waals surface area contributed by atoms with Crippen molar-refractivity contribution >= 4 is 32.3 Å². The Morgan fingerprint density at radius 2 is 1.64 bits per heavy atom. The number of rotatable bonds is 8. The second-order valence-electron chi connectivity index (χ2n) is 8.60. The van der Waals surface area contributed by atoms with E-state index >= 15 is 0 Å². The van der Waals surface area contributed by atoms with Gasteiger partial charge in [0.05, 0.1) is 24.9 Å². The number of methoxy groups -OCH3 is 1. The molecule has 3 aromatic rings. The number of benzene rings is 2. The number of nitrogens with zero attached hydrogens (tertiary/aromatic N) is 2. The monoisotopic (exact) mass is 488 g/mol. The van der Waals surface area contributed by atoms with E-state index in [0.29, 0.717) is 11.3 Å². The highest BCUT2D eigenvalue weighted by Crippen LogP contribution is 2.32. The fraction of sp³-hybridized carbons (Fsp3) is 0.333. The van der Waals surface area contributed by atoms with Crippen LogP contribution in [-0.4, -0.2) is 32.1 Å². The van der Waals surface area contributed by atoms with Crippen LogP contribution in [0.3, 0.4) is 0 Å². The fourth-order valence-corrected chi connectivity index (χ4v) is 5.66. The van der Waals surface area contributed by atoms with Crippen LogP contribution in [0.25, 0.3) is 0 Å². The number of anilines is 1. The first-order chi connectivity index (χ1) is 15.5. The molecular formula is C24H28N2O5S2. The topological polar surface area (TPSA) is 85.8 Å². The highest BCUT2D eigenvalue weighted by molar-refractivity contribution is 7.92. The third-order valence-corrected chi connectivity index (χ3v) is 7.30. The van der Waals surface area contributed by atoms with Gasteiger partial charge >= 0.3 is 5.97 Å². The number of carbonyl (C=O) groups excluding carboxylic acids is 1. The quantitative estimate of drug-likeness (QED) is 0.417. The molecule has 176 valence electrons. The number of hydrogen-bond acceptors (Lipinski definition) is 7. The van der Waals surface area contributed by atoms with E-state index in [1.54, 1.807) is 64.3 Å². The molecule has 0 unspecified atom stereocenters. The Labute approximate surface area is 199 Å². The van der Waals surface area contributed by atoms with Crippen molar-refractivity contribution in [2.24, 2.45) is 0 Å². The van der Waals surface area contributed by atoms with Crippen molar-refractivity contribution < 1.29 is 22.7 Å². The van der Waals surface area contributed by atoms with Crippen LogP contribution >= 0.6 is 11.3 Å². The third kappa shape index (κ3) is 6.55. The summed E-state index contributed by atoms with van der Waals surface area (Å²) in [5.41, 5.74) is 3.14. The summed E-state index contributed by atoms with van der Waals surface area (Å²) in [6, 6.07) is 14.4. The maximum atomic E-state index is 13.6. The standard InChI is InChI=1S/C24H28N2O5S2/c1-17-6-8-19(9-7-17)15-33(28,29)26(14-18-10-12-20(30-5)13-11-18)22-21(25-16-32-22)23(27)31-24(2,3)4/h6-13,16H,14-15H2,1-5H3. The average Bonchev–Trinajstić information content (AvgIpc) is 3.22. The lowest BCUT2D eigenvalue weighted by Gasteiger charge is -2.25. The Balaban J connectivity index is 2.01. The number of sulfonamides is 1. The molecule has 3 rings (SSSR count). The van der Waals surface area contributed by atoms with E-state index in [-0.39, 0.29) is 23.0 Å². The van der Waals surface area contributed by atoms with Crippen LogP contribution < -0.4 is 9.04 Å². The van der Waals surface area contributed by atoms with Gasteiger partial charge in [-0.3, -0.25) is 4.31 Å². The van der Waals surface area contributed by atoms with Crippen molar-refractivity contribution in [2.75, 3.05) is 11.4 Å². The molecule has 1 heterocycles. The van der Waals surface area contributed by atoms with E-state index < -0.39 is 21.6 Å². The predicted molar refractivity (Wildman–Crippen MR) is 130 cm³/mol. The predicted octanol–water partition coefficient (Wildman–Crippen LogP) is 4.95. The summed E-state index contributed by atoms with van der Waals surface area (Å²) >= 11 is 1.09. The van der Waals surface area contributed by atoms with E-state index in [0.717, 1.165) is 22.5 Å². The smallest absolute Gasteiger partial charge is 0.360 e. The third-order valence-electron chi connectivity index (χ3n) is 4.66. The summed E-state index contributed by atoms with van der Waals surface area (Å²) in [5, 5.41) is 0.229. The Kier molecular flexibility index (Phi) is 7.44. The van der Waals surface area contributed by atoms with Gasteiger partial charge in [0.15, 0.2) is 5.69 Å². The van der Waals surface area contributed by atoms with Crippen LogP contribution in [0, 0.1) is 6.92 Å². The summed E-state index contributed by atoms with van der Waals surface area (Å²) in [5.74, 6) is -0.209. The largest absolute Gasteiger partial charge is 0.497 e. The minimum atomic E-state index is -3.86. The molecule has 2 aromatic carbocycles. The van der Waals surface area contributed by atoms with Crippen LogP contribution in [0.2, 0.25) is 0 Å². The summed E-state index contributed by atoms with van der Waals surface area (Å²) in [4.78, 5) is 16.9. The van der Waals surface area contributed by atoms with Gasteiger partial charge in [-0.2, -0.15) is 0 Å². The van der Waals surface area contributed by atoms with Crippen LogP contribution in [0.5, 0.6) is 5.75 Å². The number of hydrogen-bond donors (Lipinski definition) is 0. The Morgan fingerprint density at radius 1 is 1.03 bits per heavy atom. The number of aryl methyl sites for hydroxylation is 1. The second-order valence-corrected chi connectivity index (χ2v) is 11.3. The number of thiazole rings is 1. The second kappa shape index (κ2) is 9.93. The van der Waals surface area contributed by atoms with Gasteiger partial charge in [-0.15, -0.1) is 11.3 Å². The molecule has 0 radical (unpaired) electrons. The van der Waals surface area contributed by atoms with Crippen molar-refractivity contribution in [3.8, 4) is 5.75 Å². The molecule has 7 nitrogen and oxygen atoms in total. The normalized spacial score (nSPS) is 11.8. The average molecular weight is 489 g/mol. The highest BCUT2D eigenvalue weighted by Gasteiger charge is 2.31. The molecule has 33 heavy (non-hydrogen) atoms. The molecule has 0 aliphatic rings. The van der Waals surface area contributed by atoms with Gasteiger partial charge in [0.25, 0.3) is 0 Å². The number of esters is 1. The molecule has 1 aromatic heterocycles. The van der Waals surface area contributed by atoms with Crippen LogP contribution in [0.4, 0.5) is 5.00 Å². The summed E-state index contributed by atoms with van der Waals surface area (Å²) in [6.45, 7) is 7.23. The molecule has 0 fully saturated rings. The van der Waals surface area contributed by atoms with Gasteiger partial charge in [-0.05, 0) is 51.0 Å². The molecule has 0 aliphatic heterocycles. The Morgan fingerprint density at radius 3 is 2.21 bits per heavy atom. The molecule has 0 atom stereocenters. The van der Waals surface area contributed by atoms with Gasteiger partial charge in [-0.1, -0.05) is 42.0 Å². The summed E-state index contributed by atoms with van der Waals surface area (Å²) in [6.07, 6.45) is 0.